The molecule has 1 aromatic carbocycles. The first kappa shape index (κ1) is 16.5. The van der Waals surface area contributed by atoms with Gasteiger partial charge in [-0.1, -0.05) is 49.6 Å². The molecule has 3 rings (SSSR count). The third-order valence-electron chi connectivity index (χ3n) is 5.25. The first-order valence-corrected chi connectivity index (χ1v) is 9.04. The van der Waals surface area contributed by atoms with Gasteiger partial charge in [0.15, 0.2) is 0 Å². The molecule has 2 heterocycles. The van der Waals surface area contributed by atoms with E-state index in [1.807, 2.05) is 23.1 Å². The van der Waals surface area contributed by atoms with E-state index in [-0.39, 0.29) is 17.9 Å². The molecule has 2 aliphatic rings. The van der Waals surface area contributed by atoms with E-state index in [1.54, 1.807) is 0 Å². The summed E-state index contributed by atoms with van der Waals surface area (Å²) in [6.07, 6.45) is 6.39. The summed E-state index contributed by atoms with van der Waals surface area (Å²) in [5.74, 6) is 0.520. The number of nitrogens with zero attached hydrogens (tertiary/aromatic N) is 2. The molecule has 0 saturated carbocycles. The summed E-state index contributed by atoms with van der Waals surface area (Å²) < 4.78 is 0. The predicted octanol–water partition coefficient (Wildman–Crippen LogP) is 2.21. The van der Waals surface area contributed by atoms with Crippen molar-refractivity contribution in [3.05, 3.63) is 35.9 Å². The van der Waals surface area contributed by atoms with E-state index in [0.29, 0.717) is 13.1 Å². The van der Waals surface area contributed by atoms with Crippen LogP contribution in [0.5, 0.6) is 0 Å². The van der Waals surface area contributed by atoms with Crippen molar-refractivity contribution in [1.82, 2.24) is 9.80 Å². The maximum absolute atomic E-state index is 12.7. The Kier molecular flexibility index (Phi) is 5.68. The second-order valence-electron chi connectivity index (χ2n) is 7.02. The summed E-state index contributed by atoms with van der Waals surface area (Å²) in [6, 6.07) is 10.4. The number of likely N-dealkylation sites (tertiary alicyclic amines) is 2. The molecule has 1 amide bonds. The molecule has 2 saturated heterocycles. The minimum Gasteiger partial charge on any atom is -0.339 e. The number of rotatable bonds is 3. The van der Waals surface area contributed by atoms with Crippen LogP contribution < -0.4 is 5.73 Å². The molecule has 0 aromatic heterocycles. The lowest BCUT2D eigenvalue weighted by Gasteiger charge is -2.26. The first-order chi connectivity index (χ1) is 11.2. The standard InChI is InChI=1S/C19H29N3O/c20-18-14-22(13-17(18)16-9-5-4-6-10-16)19(23)15-21-11-7-2-1-3-8-12-21/h4-6,9-10,17-18H,1-3,7-8,11-15,20H2/t17-,18+/m0/s1. The molecular weight excluding hydrogens is 286 g/mol. The Morgan fingerprint density at radius 3 is 2.35 bits per heavy atom. The van der Waals surface area contributed by atoms with Gasteiger partial charge in [0.05, 0.1) is 6.54 Å². The van der Waals surface area contributed by atoms with Gasteiger partial charge in [0.25, 0.3) is 0 Å². The topological polar surface area (TPSA) is 49.6 Å². The number of carbonyl (C=O) groups is 1. The van der Waals surface area contributed by atoms with Gasteiger partial charge in [-0.15, -0.1) is 0 Å². The maximum atomic E-state index is 12.7. The molecule has 4 nitrogen and oxygen atoms in total. The van der Waals surface area contributed by atoms with Crippen molar-refractivity contribution in [2.24, 2.45) is 5.73 Å². The number of amides is 1. The Labute approximate surface area is 139 Å². The van der Waals surface area contributed by atoms with Crippen molar-refractivity contribution in [3.8, 4) is 0 Å². The second-order valence-corrected chi connectivity index (χ2v) is 7.02. The summed E-state index contributed by atoms with van der Waals surface area (Å²) in [7, 11) is 0. The van der Waals surface area contributed by atoms with Crippen molar-refractivity contribution >= 4 is 5.91 Å². The molecule has 2 N–H and O–H groups in total. The Hall–Kier alpha value is -1.39. The average molecular weight is 315 g/mol. The van der Waals surface area contributed by atoms with Crippen LogP contribution in [0.25, 0.3) is 0 Å². The van der Waals surface area contributed by atoms with Gasteiger partial charge in [0.2, 0.25) is 5.91 Å². The lowest BCUT2D eigenvalue weighted by atomic mass is 9.95. The zero-order chi connectivity index (χ0) is 16.1. The van der Waals surface area contributed by atoms with Crippen LogP contribution in [0.15, 0.2) is 30.3 Å². The fraction of sp³-hybridized carbons (Fsp3) is 0.632. The number of benzene rings is 1. The van der Waals surface area contributed by atoms with Gasteiger partial charge in [-0.05, 0) is 31.5 Å². The molecule has 0 spiro atoms. The fourth-order valence-corrected chi connectivity index (χ4v) is 3.85. The second kappa shape index (κ2) is 7.93. The van der Waals surface area contributed by atoms with Gasteiger partial charge in [-0.2, -0.15) is 0 Å². The molecule has 0 unspecified atom stereocenters. The SMILES string of the molecule is N[C@@H]1CN(C(=O)CN2CCCCCCC2)C[C@H]1c1ccccc1. The molecule has 0 bridgehead atoms. The molecule has 1 aromatic rings. The highest BCUT2D eigenvalue weighted by atomic mass is 16.2. The van der Waals surface area contributed by atoms with Crippen LogP contribution in [0, 0.1) is 0 Å². The summed E-state index contributed by atoms with van der Waals surface area (Å²) in [5.41, 5.74) is 7.56. The fourth-order valence-electron chi connectivity index (χ4n) is 3.85. The van der Waals surface area contributed by atoms with Gasteiger partial charge in [-0.25, -0.2) is 0 Å². The van der Waals surface area contributed by atoms with Crippen LogP contribution in [0.3, 0.4) is 0 Å². The molecule has 4 heteroatoms. The van der Waals surface area contributed by atoms with Crippen molar-refractivity contribution in [1.29, 1.82) is 0 Å². The zero-order valence-corrected chi connectivity index (χ0v) is 14.0. The Morgan fingerprint density at radius 2 is 1.65 bits per heavy atom. The van der Waals surface area contributed by atoms with E-state index in [0.717, 1.165) is 19.6 Å². The lowest BCUT2D eigenvalue weighted by Crippen LogP contribution is -2.41. The van der Waals surface area contributed by atoms with Gasteiger partial charge >= 0.3 is 0 Å². The monoisotopic (exact) mass is 315 g/mol. The van der Waals surface area contributed by atoms with Crippen molar-refractivity contribution in [2.45, 2.75) is 44.1 Å². The minimum absolute atomic E-state index is 0.0497. The van der Waals surface area contributed by atoms with E-state index in [1.165, 1.54) is 37.7 Å². The van der Waals surface area contributed by atoms with E-state index in [2.05, 4.69) is 17.0 Å². The highest BCUT2D eigenvalue weighted by Gasteiger charge is 2.34. The first-order valence-electron chi connectivity index (χ1n) is 9.04. The summed E-state index contributed by atoms with van der Waals surface area (Å²) >= 11 is 0. The Morgan fingerprint density at radius 1 is 1.00 bits per heavy atom. The summed E-state index contributed by atoms with van der Waals surface area (Å²) in [4.78, 5) is 17.0. The molecule has 23 heavy (non-hydrogen) atoms. The lowest BCUT2D eigenvalue weighted by molar-refractivity contribution is -0.131. The number of carbonyl (C=O) groups excluding carboxylic acids is 1. The zero-order valence-electron chi connectivity index (χ0n) is 14.0. The maximum Gasteiger partial charge on any atom is 0.236 e. The van der Waals surface area contributed by atoms with Crippen LogP contribution in [0.4, 0.5) is 0 Å². The molecular formula is C19H29N3O. The number of hydrogen-bond donors (Lipinski definition) is 1. The number of nitrogens with two attached hydrogens (primary N) is 1. The third-order valence-corrected chi connectivity index (χ3v) is 5.25. The van der Waals surface area contributed by atoms with E-state index >= 15 is 0 Å². The molecule has 2 fully saturated rings. The van der Waals surface area contributed by atoms with E-state index in [9.17, 15) is 4.79 Å². The molecule has 2 atom stereocenters. The molecule has 2 aliphatic heterocycles. The average Bonchev–Trinajstić information content (AvgIpc) is 2.93. The van der Waals surface area contributed by atoms with Crippen LogP contribution in [0.1, 0.15) is 43.6 Å². The third kappa shape index (κ3) is 4.33. The summed E-state index contributed by atoms with van der Waals surface area (Å²) in [6.45, 7) is 4.14. The number of hydrogen-bond acceptors (Lipinski definition) is 3. The van der Waals surface area contributed by atoms with Gasteiger partial charge in [0.1, 0.15) is 0 Å². The van der Waals surface area contributed by atoms with E-state index in [4.69, 9.17) is 5.73 Å². The quantitative estimate of drug-likeness (QED) is 0.930. The van der Waals surface area contributed by atoms with Crippen molar-refractivity contribution in [3.63, 3.8) is 0 Å². The Bertz CT molecular complexity index is 497. The predicted molar refractivity (Wildman–Crippen MR) is 93.3 cm³/mol. The van der Waals surface area contributed by atoms with Crippen LogP contribution in [-0.4, -0.2) is 54.5 Å². The van der Waals surface area contributed by atoms with Gasteiger partial charge < -0.3 is 10.6 Å². The van der Waals surface area contributed by atoms with Crippen molar-refractivity contribution < 1.29 is 4.79 Å². The molecule has 0 aliphatic carbocycles. The van der Waals surface area contributed by atoms with Crippen LogP contribution in [0.2, 0.25) is 0 Å². The highest BCUT2D eigenvalue weighted by Crippen LogP contribution is 2.26. The Balaban J connectivity index is 1.56. The smallest absolute Gasteiger partial charge is 0.236 e. The van der Waals surface area contributed by atoms with Crippen LogP contribution in [-0.2, 0) is 4.79 Å². The highest BCUT2D eigenvalue weighted by molar-refractivity contribution is 5.78. The molecule has 126 valence electrons. The summed E-state index contributed by atoms with van der Waals surface area (Å²) in [5, 5.41) is 0. The largest absolute Gasteiger partial charge is 0.339 e. The minimum atomic E-state index is 0.0497. The van der Waals surface area contributed by atoms with Crippen molar-refractivity contribution in [2.75, 3.05) is 32.7 Å². The normalized spacial score (nSPS) is 26.7. The van der Waals surface area contributed by atoms with Crippen LogP contribution >= 0.6 is 0 Å². The molecule has 0 radical (unpaired) electrons. The van der Waals surface area contributed by atoms with Gasteiger partial charge in [-0.3, -0.25) is 9.69 Å². The van der Waals surface area contributed by atoms with Gasteiger partial charge in [0, 0.05) is 25.0 Å². The van der Waals surface area contributed by atoms with E-state index < -0.39 is 0 Å².